The molecular formula is C18H20FN3O5S. The van der Waals surface area contributed by atoms with Gasteiger partial charge < -0.3 is 9.47 Å². The average Bonchev–Trinajstić information content (AvgIpc) is 2.67. The maximum atomic E-state index is 13.0. The van der Waals surface area contributed by atoms with Crippen molar-refractivity contribution in [2.24, 2.45) is 5.10 Å². The zero-order valence-corrected chi connectivity index (χ0v) is 16.4. The van der Waals surface area contributed by atoms with Gasteiger partial charge in [-0.2, -0.15) is 9.41 Å². The molecule has 0 aliphatic heterocycles. The minimum atomic E-state index is -3.93. The molecule has 0 unspecified atom stereocenters. The van der Waals surface area contributed by atoms with Gasteiger partial charge in [-0.05, 0) is 36.4 Å². The molecule has 2 aromatic rings. The fraction of sp³-hybridized carbons (Fsp3) is 0.222. The number of benzene rings is 2. The Morgan fingerprint density at radius 1 is 1.18 bits per heavy atom. The number of methoxy groups -OCH3 is 2. The van der Waals surface area contributed by atoms with Crippen LogP contribution in [0.5, 0.6) is 11.5 Å². The number of carbonyl (C=O) groups is 1. The van der Waals surface area contributed by atoms with Crippen LogP contribution in [0.25, 0.3) is 0 Å². The zero-order chi connectivity index (χ0) is 20.7. The summed E-state index contributed by atoms with van der Waals surface area (Å²) in [6, 6.07) is 9.48. The minimum absolute atomic E-state index is 0.117. The molecule has 1 amide bonds. The fourth-order valence-corrected chi connectivity index (χ4v) is 3.42. The molecule has 0 spiro atoms. The predicted molar refractivity (Wildman–Crippen MR) is 101 cm³/mol. The summed E-state index contributed by atoms with van der Waals surface area (Å²) in [5.41, 5.74) is 2.82. The number of ether oxygens (including phenoxy) is 2. The van der Waals surface area contributed by atoms with Gasteiger partial charge >= 0.3 is 0 Å². The zero-order valence-electron chi connectivity index (χ0n) is 15.5. The van der Waals surface area contributed by atoms with Crippen LogP contribution in [0.3, 0.4) is 0 Å². The SMILES string of the molecule is COc1cccc(/C=N\NC(=O)CN(C)S(=O)(=O)c2ccc(F)cc2)c1OC. The Hall–Kier alpha value is -2.98. The number of likely N-dealkylation sites (N-methyl/N-ethyl adjacent to an activating group) is 1. The Kier molecular flexibility index (Phi) is 7.07. The van der Waals surface area contributed by atoms with Gasteiger partial charge in [-0.3, -0.25) is 4.79 Å². The monoisotopic (exact) mass is 409 g/mol. The van der Waals surface area contributed by atoms with Gasteiger partial charge in [-0.25, -0.2) is 18.2 Å². The number of sulfonamides is 1. The van der Waals surface area contributed by atoms with Crippen LogP contribution in [0, 0.1) is 5.82 Å². The van der Waals surface area contributed by atoms with Gasteiger partial charge in [-0.1, -0.05) is 6.07 Å². The molecule has 0 aliphatic carbocycles. The van der Waals surface area contributed by atoms with E-state index in [4.69, 9.17) is 9.47 Å². The van der Waals surface area contributed by atoms with Gasteiger partial charge in [0.05, 0.1) is 31.9 Å². The molecule has 1 N–H and O–H groups in total. The topological polar surface area (TPSA) is 97.3 Å². The average molecular weight is 409 g/mol. The van der Waals surface area contributed by atoms with E-state index >= 15 is 0 Å². The molecule has 150 valence electrons. The van der Waals surface area contributed by atoms with Crippen LogP contribution in [-0.4, -0.2) is 52.7 Å². The number of carbonyl (C=O) groups excluding carboxylic acids is 1. The second kappa shape index (κ2) is 9.29. The molecule has 0 heterocycles. The molecule has 0 radical (unpaired) electrons. The lowest BCUT2D eigenvalue weighted by atomic mass is 10.2. The quantitative estimate of drug-likeness (QED) is 0.528. The van der Waals surface area contributed by atoms with Crippen molar-refractivity contribution in [2.75, 3.05) is 27.8 Å². The molecule has 0 aliphatic rings. The molecule has 2 rings (SSSR count). The van der Waals surface area contributed by atoms with Crippen molar-refractivity contribution in [3.05, 3.63) is 53.8 Å². The lowest BCUT2D eigenvalue weighted by molar-refractivity contribution is -0.121. The normalized spacial score (nSPS) is 11.6. The third kappa shape index (κ3) is 5.05. The highest BCUT2D eigenvalue weighted by atomic mass is 32.2. The maximum absolute atomic E-state index is 13.0. The molecule has 10 heteroatoms. The highest BCUT2D eigenvalue weighted by Crippen LogP contribution is 2.29. The first-order valence-corrected chi connectivity index (χ1v) is 9.48. The lowest BCUT2D eigenvalue weighted by Gasteiger charge is -2.16. The van der Waals surface area contributed by atoms with Crippen molar-refractivity contribution in [3.8, 4) is 11.5 Å². The van der Waals surface area contributed by atoms with Crippen LogP contribution in [0.1, 0.15) is 5.56 Å². The van der Waals surface area contributed by atoms with E-state index in [1.54, 1.807) is 18.2 Å². The first-order valence-electron chi connectivity index (χ1n) is 8.04. The molecule has 0 atom stereocenters. The van der Waals surface area contributed by atoms with Crippen molar-refractivity contribution >= 4 is 22.1 Å². The molecule has 0 saturated heterocycles. The van der Waals surface area contributed by atoms with E-state index in [-0.39, 0.29) is 4.90 Å². The van der Waals surface area contributed by atoms with Crippen molar-refractivity contribution in [1.82, 2.24) is 9.73 Å². The fourth-order valence-electron chi connectivity index (χ4n) is 2.30. The molecule has 0 saturated carbocycles. The van der Waals surface area contributed by atoms with Gasteiger partial charge in [0.1, 0.15) is 5.82 Å². The molecule has 8 nitrogen and oxygen atoms in total. The van der Waals surface area contributed by atoms with Crippen molar-refractivity contribution in [3.63, 3.8) is 0 Å². The van der Waals surface area contributed by atoms with E-state index in [1.165, 1.54) is 27.5 Å². The Labute approximate surface area is 162 Å². The molecule has 28 heavy (non-hydrogen) atoms. The number of halogens is 1. The van der Waals surface area contributed by atoms with Gasteiger partial charge in [-0.15, -0.1) is 0 Å². The highest BCUT2D eigenvalue weighted by molar-refractivity contribution is 7.89. The van der Waals surface area contributed by atoms with Gasteiger partial charge in [0.25, 0.3) is 5.91 Å². The van der Waals surface area contributed by atoms with Crippen molar-refractivity contribution in [2.45, 2.75) is 4.90 Å². The Bertz CT molecular complexity index is 962. The molecule has 0 fully saturated rings. The Morgan fingerprint density at radius 2 is 1.86 bits per heavy atom. The number of amides is 1. The van der Waals surface area contributed by atoms with Crippen molar-refractivity contribution < 1.29 is 27.1 Å². The van der Waals surface area contributed by atoms with Gasteiger partial charge in [0.2, 0.25) is 10.0 Å². The molecular weight excluding hydrogens is 389 g/mol. The summed E-state index contributed by atoms with van der Waals surface area (Å²) in [5, 5.41) is 3.81. The predicted octanol–water partition coefficient (Wildman–Crippen LogP) is 1.61. The van der Waals surface area contributed by atoms with E-state index < -0.39 is 28.3 Å². The van der Waals surface area contributed by atoms with E-state index in [0.29, 0.717) is 17.1 Å². The van der Waals surface area contributed by atoms with Crippen LogP contribution in [-0.2, 0) is 14.8 Å². The summed E-state index contributed by atoms with van der Waals surface area (Å²) in [6.45, 7) is -0.466. The van der Waals surface area contributed by atoms with E-state index in [2.05, 4.69) is 10.5 Å². The van der Waals surface area contributed by atoms with Crippen LogP contribution < -0.4 is 14.9 Å². The number of nitrogens with zero attached hydrogens (tertiary/aromatic N) is 2. The minimum Gasteiger partial charge on any atom is -0.493 e. The smallest absolute Gasteiger partial charge is 0.255 e. The van der Waals surface area contributed by atoms with Crippen LogP contribution >= 0.6 is 0 Å². The van der Waals surface area contributed by atoms with E-state index in [1.807, 2.05) is 0 Å². The lowest BCUT2D eigenvalue weighted by Crippen LogP contribution is -2.36. The largest absolute Gasteiger partial charge is 0.493 e. The van der Waals surface area contributed by atoms with E-state index in [0.717, 1.165) is 28.6 Å². The third-order valence-electron chi connectivity index (χ3n) is 3.71. The van der Waals surface area contributed by atoms with Crippen LogP contribution in [0.4, 0.5) is 4.39 Å². The third-order valence-corrected chi connectivity index (χ3v) is 5.53. The Balaban J connectivity index is 2.02. The number of para-hydroxylation sites is 1. The van der Waals surface area contributed by atoms with Crippen molar-refractivity contribution in [1.29, 1.82) is 0 Å². The summed E-state index contributed by atoms with van der Waals surface area (Å²) in [7, 11) is 0.286. The number of nitrogens with one attached hydrogen (secondary N) is 1. The summed E-state index contributed by atoms with van der Waals surface area (Å²) in [5.74, 6) is -0.255. The Morgan fingerprint density at radius 3 is 2.46 bits per heavy atom. The standard InChI is InChI=1S/C18H20FN3O5S/c1-22(28(24,25)15-9-7-14(19)8-10-15)12-17(23)21-20-11-13-5-4-6-16(26-2)18(13)27-3/h4-11H,12H2,1-3H3,(H,21,23)/b20-11-. The maximum Gasteiger partial charge on any atom is 0.255 e. The first-order chi connectivity index (χ1) is 13.3. The van der Waals surface area contributed by atoms with Gasteiger partial charge in [0.15, 0.2) is 11.5 Å². The molecule has 0 bridgehead atoms. The van der Waals surface area contributed by atoms with Gasteiger partial charge in [0, 0.05) is 12.6 Å². The summed E-state index contributed by atoms with van der Waals surface area (Å²) < 4.78 is 49.0. The number of rotatable bonds is 8. The number of hydrogen-bond acceptors (Lipinski definition) is 6. The summed E-state index contributed by atoms with van der Waals surface area (Å²) in [6.07, 6.45) is 1.35. The second-order valence-electron chi connectivity index (χ2n) is 5.59. The second-order valence-corrected chi connectivity index (χ2v) is 7.64. The van der Waals surface area contributed by atoms with E-state index in [9.17, 15) is 17.6 Å². The summed E-state index contributed by atoms with van der Waals surface area (Å²) in [4.78, 5) is 11.9. The number of hydrogen-bond donors (Lipinski definition) is 1. The molecule has 2 aromatic carbocycles. The number of hydrazone groups is 1. The summed E-state index contributed by atoms with van der Waals surface area (Å²) >= 11 is 0. The van der Waals surface area contributed by atoms with Crippen LogP contribution in [0.2, 0.25) is 0 Å². The van der Waals surface area contributed by atoms with Crippen LogP contribution in [0.15, 0.2) is 52.5 Å². The first kappa shape index (κ1) is 21.3. The highest BCUT2D eigenvalue weighted by Gasteiger charge is 2.22. The molecule has 0 aromatic heterocycles.